The number of carbonyl (C=O) groups excluding carboxylic acids is 4. The molecule has 0 aromatic heterocycles. The van der Waals surface area contributed by atoms with Crippen molar-refractivity contribution in [2.45, 2.75) is 34.9 Å². The highest BCUT2D eigenvalue weighted by Gasteiger charge is 2.77. The number of phenolic OH excluding ortho intramolecular Hbond substituents is 1. The lowest BCUT2D eigenvalue weighted by Crippen LogP contribution is -2.60. The number of para-hydroxylation sites is 1. The highest BCUT2D eigenvalue weighted by molar-refractivity contribution is 6.58. The van der Waals surface area contributed by atoms with Gasteiger partial charge in [-0.1, -0.05) is 60.7 Å². The number of alkyl halides is 2. The quantitative estimate of drug-likeness (QED) is 0.0719. The number of anilines is 2. The van der Waals surface area contributed by atoms with E-state index in [2.05, 4.69) is 13.2 Å². The number of halogens is 7. The molecule has 1 saturated carbocycles. The Morgan fingerprint density at radius 3 is 2.06 bits per heavy atom. The van der Waals surface area contributed by atoms with Crippen LogP contribution in [0.25, 0.3) is 6.08 Å². The van der Waals surface area contributed by atoms with Crippen LogP contribution in [0.15, 0.2) is 73.3 Å². The van der Waals surface area contributed by atoms with Gasteiger partial charge in [0, 0.05) is 11.5 Å². The van der Waals surface area contributed by atoms with Crippen molar-refractivity contribution in [1.82, 2.24) is 0 Å². The number of allylic oxidation sites excluding steroid dienone is 3. The van der Waals surface area contributed by atoms with E-state index in [0.717, 1.165) is 10.5 Å². The number of nitrogens with zero attached hydrogens (tertiary/aromatic N) is 2. The zero-order chi connectivity index (χ0) is 36.9. The van der Waals surface area contributed by atoms with Crippen molar-refractivity contribution in [2.75, 3.05) is 9.80 Å². The van der Waals surface area contributed by atoms with Crippen LogP contribution in [0.2, 0.25) is 0 Å². The Kier molecular flexibility index (Phi) is 8.07. The predicted octanol–water partition coefficient (Wildman–Crippen LogP) is 7.23. The number of benzene rings is 3. The molecule has 2 aliphatic carbocycles. The fraction of sp³-hybridized carbons (Fsp3) is 0.243. The minimum atomic E-state index is -2.75. The zero-order valence-electron chi connectivity index (χ0n) is 26.2. The smallest absolute Gasteiger partial charge is 0.258 e. The Morgan fingerprint density at radius 1 is 0.824 bits per heavy atom. The lowest BCUT2D eigenvalue weighted by molar-refractivity contribution is -0.125. The largest absolute Gasteiger partial charge is 0.507 e. The molecule has 0 bridgehead atoms. The Balaban J connectivity index is 1.44. The van der Waals surface area contributed by atoms with Crippen molar-refractivity contribution in [1.29, 1.82) is 0 Å². The second-order valence-electron chi connectivity index (χ2n) is 12.8. The van der Waals surface area contributed by atoms with Crippen LogP contribution in [0.5, 0.6) is 5.75 Å². The van der Waals surface area contributed by atoms with Crippen LogP contribution in [-0.2, 0) is 25.6 Å². The lowest BCUT2D eigenvalue weighted by atomic mass is 9.56. The number of carbonyl (C=O) groups is 4. The second-order valence-corrected chi connectivity index (χ2v) is 14.1. The van der Waals surface area contributed by atoms with E-state index in [9.17, 15) is 37.5 Å². The van der Waals surface area contributed by atoms with Gasteiger partial charge in [0.25, 0.3) is 11.8 Å². The molecule has 3 fully saturated rings. The summed E-state index contributed by atoms with van der Waals surface area (Å²) in [7, 11) is 0. The van der Waals surface area contributed by atoms with Crippen molar-refractivity contribution in [3.05, 3.63) is 119 Å². The van der Waals surface area contributed by atoms with Gasteiger partial charge in [-0.25, -0.2) is 26.9 Å². The molecule has 2 aliphatic heterocycles. The Hall–Kier alpha value is -4.81. The number of fused-ring (bicyclic) bond motifs is 4. The van der Waals surface area contributed by atoms with Crippen molar-refractivity contribution in [2.24, 2.45) is 17.8 Å². The summed E-state index contributed by atoms with van der Waals surface area (Å²) in [6.07, 6.45) is 4.03. The number of hydrogen-bond donors (Lipinski definition) is 1. The maximum Gasteiger partial charge on any atom is 0.258 e. The molecule has 14 heteroatoms. The monoisotopic (exact) mass is 742 g/mol. The van der Waals surface area contributed by atoms with Gasteiger partial charge in [0.1, 0.15) is 11.4 Å². The molecule has 3 aromatic rings. The molecule has 0 spiro atoms. The van der Waals surface area contributed by atoms with Gasteiger partial charge in [0.15, 0.2) is 33.0 Å². The summed E-state index contributed by atoms with van der Waals surface area (Å²) in [5.41, 5.74) is -0.454. The molecule has 2 saturated heterocycles. The fourth-order valence-electron chi connectivity index (χ4n) is 8.09. The number of hydrogen-bond acceptors (Lipinski definition) is 5. The zero-order valence-corrected chi connectivity index (χ0v) is 27.8. The van der Waals surface area contributed by atoms with E-state index < -0.39 is 104 Å². The average molecular weight is 744 g/mol. The van der Waals surface area contributed by atoms with Gasteiger partial charge >= 0.3 is 0 Å². The molecule has 3 aromatic carbocycles. The Bertz CT molecular complexity index is 2130. The molecule has 4 amide bonds. The topological polar surface area (TPSA) is 95.0 Å². The number of phenols is 1. The normalized spacial score (nSPS) is 28.4. The SMILES string of the molecule is C=CCc1cccc([C@H]2C3=CC[C@@H]4C(=O)N(c5ccc(C=C)cc5)C(=O)[C@@H]4[C@@H]3C[C@@]3(Cl)C(=O)N(c4c(F)c(F)c(F)c(F)c4F)C(=O)[C@@]23Cl)c1O. The third kappa shape index (κ3) is 4.48. The summed E-state index contributed by atoms with van der Waals surface area (Å²) in [4.78, 5) is 52.2. The minimum absolute atomic E-state index is 0.0440. The van der Waals surface area contributed by atoms with E-state index in [0.29, 0.717) is 5.56 Å². The van der Waals surface area contributed by atoms with E-state index in [1.807, 2.05) is 0 Å². The Labute approximate surface area is 297 Å². The van der Waals surface area contributed by atoms with E-state index in [4.69, 9.17) is 23.2 Å². The first-order chi connectivity index (χ1) is 24.1. The summed E-state index contributed by atoms with van der Waals surface area (Å²) in [5.74, 6) is -22.1. The summed E-state index contributed by atoms with van der Waals surface area (Å²) < 4.78 is 73.5. The van der Waals surface area contributed by atoms with E-state index >= 15 is 8.78 Å². The maximum atomic E-state index is 15.3. The standard InChI is InChI=1S/C37H25Cl2F5N2O5/c1-3-6-17-7-5-8-21(31(17)47)24-19-13-14-20-23(33(49)45(32(20)48)18-11-9-16(4-2)10-12-18)22(19)15-36(38)34(50)46(35(51)37(24,36)39)30-28(43)26(41)25(40)27(42)29(30)44/h3-5,7-13,20,22-24,47H,1-2,6,14-15H2/t20-,22+,23-,24+,36+,37-/m0/s1. The number of imide groups is 2. The molecule has 7 rings (SSSR count). The highest BCUT2D eigenvalue weighted by Crippen LogP contribution is 2.67. The van der Waals surface area contributed by atoms with Gasteiger partial charge < -0.3 is 5.11 Å². The lowest BCUT2D eigenvalue weighted by Gasteiger charge is -2.50. The van der Waals surface area contributed by atoms with Crippen LogP contribution in [0.3, 0.4) is 0 Å². The number of rotatable bonds is 6. The van der Waals surface area contributed by atoms with Crippen LogP contribution in [0.1, 0.15) is 35.4 Å². The molecule has 4 aliphatic rings. The van der Waals surface area contributed by atoms with Crippen LogP contribution in [0.4, 0.5) is 33.3 Å². The minimum Gasteiger partial charge on any atom is -0.507 e. The summed E-state index contributed by atoms with van der Waals surface area (Å²) in [6, 6.07) is 10.8. The van der Waals surface area contributed by atoms with Gasteiger partial charge in [-0.3, -0.25) is 24.1 Å². The summed E-state index contributed by atoms with van der Waals surface area (Å²) >= 11 is 14.3. The van der Waals surface area contributed by atoms with E-state index in [1.165, 1.54) is 18.2 Å². The van der Waals surface area contributed by atoms with Crippen molar-refractivity contribution < 1.29 is 46.2 Å². The fourth-order valence-corrected chi connectivity index (χ4v) is 9.02. The Morgan fingerprint density at radius 2 is 1.45 bits per heavy atom. The van der Waals surface area contributed by atoms with Crippen molar-refractivity contribution in [3.63, 3.8) is 0 Å². The van der Waals surface area contributed by atoms with Gasteiger partial charge in [0.2, 0.25) is 17.6 Å². The first kappa shape index (κ1) is 34.6. The van der Waals surface area contributed by atoms with Crippen molar-refractivity contribution >= 4 is 64.3 Å². The molecule has 7 nitrogen and oxygen atoms in total. The molecule has 0 radical (unpaired) electrons. The van der Waals surface area contributed by atoms with Gasteiger partial charge in [-0.2, -0.15) is 0 Å². The van der Waals surface area contributed by atoms with Crippen LogP contribution in [0, 0.1) is 46.8 Å². The van der Waals surface area contributed by atoms with Gasteiger partial charge in [-0.15, -0.1) is 29.8 Å². The summed E-state index contributed by atoms with van der Waals surface area (Å²) in [6.45, 7) is 7.36. The molecule has 262 valence electrons. The third-order valence-electron chi connectivity index (χ3n) is 10.4. The van der Waals surface area contributed by atoms with Crippen LogP contribution >= 0.6 is 23.2 Å². The van der Waals surface area contributed by atoms with Crippen LogP contribution in [-0.4, -0.2) is 38.5 Å². The van der Waals surface area contributed by atoms with Crippen LogP contribution < -0.4 is 9.80 Å². The average Bonchev–Trinajstić information content (AvgIpc) is 3.46. The molecular weight excluding hydrogens is 718 g/mol. The first-order valence-corrected chi connectivity index (χ1v) is 16.4. The van der Waals surface area contributed by atoms with Crippen molar-refractivity contribution in [3.8, 4) is 5.75 Å². The number of amides is 4. The molecular formula is C37H25Cl2F5N2O5. The molecule has 6 atom stereocenters. The maximum absolute atomic E-state index is 15.3. The second kappa shape index (κ2) is 11.9. The summed E-state index contributed by atoms with van der Waals surface area (Å²) in [5, 5.41) is 11.5. The molecule has 1 N–H and O–H groups in total. The molecule has 51 heavy (non-hydrogen) atoms. The molecule has 0 unspecified atom stereocenters. The third-order valence-corrected chi connectivity index (χ3v) is 11.8. The molecule has 2 heterocycles. The van der Waals surface area contributed by atoms with E-state index in [-0.39, 0.29) is 34.6 Å². The highest BCUT2D eigenvalue weighted by atomic mass is 35.5. The van der Waals surface area contributed by atoms with E-state index in [1.54, 1.807) is 42.5 Å². The predicted molar refractivity (Wildman–Crippen MR) is 177 cm³/mol. The van der Waals surface area contributed by atoms with Gasteiger partial charge in [-0.05, 0) is 48.4 Å². The number of aromatic hydroxyl groups is 1. The van der Waals surface area contributed by atoms with Gasteiger partial charge in [0.05, 0.1) is 17.5 Å². The first-order valence-electron chi connectivity index (χ1n) is 15.7.